The molecule has 0 fully saturated rings. The van der Waals surface area contributed by atoms with Crippen molar-refractivity contribution in [2.45, 2.75) is 48.0 Å². The molecule has 0 atom stereocenters. The van der Waals surface area contributed by atoms with Gasteiger partial charge in [0.2, 0.25) is 0 Å². The summed E-state index contributed by atoms with van der Waals surface area (Å²) >= 11 is 0. The van der Waals surface area contributed by atoms with Crippen LogP contribution in [-0.2, 0) is 11.2 Å². The molecular formula is C17H26N2O2. The van der Waals surface area contributed by atoms with Gasteiger partial charge in [-0.2, -0.15) is 0 Å². The van der Waals surface area contributed by atoms with Gasteiger partial charge in [-0.1, -0.05) is 52.8 Å². The molecule has 0 aromatic heterocycles. The highest BCUT2D eigenvalue weighted by molar-refractivity contribution is 6.30. The topological polar surface area (TPSA) is 63.4 Å². The minimum atomic E-state index is -0.439. The largest absolute Gasteiger partial charge is 0.275 e. The molecular weight excluding hydrogens is 264 g/mol. The molecule has 4 nitrogen and oxygen atoms in total. The Hall–Kier alpha value is -1.94. The highest BCUT2D eigenvalue weighted by Crippen LogP contribution is 2.30. The fourth-order valence-electron chi connectivity index (χ4n) is 2.12. The smallest absolute Gasteiger partial charge is 0.267 e. The lowest BCUT2D eigenvalue weighted by Crippen LogP contribution is -2.46. The summed E-state index contributed by atoms with van der Waals surface area (Å²) in [6, 6.07) is 5.44. The molecule has 1 aliphatic heterocycles. The molecule has 2 amide bonds. The molecule has 1 aromatic rings. The molecule has 0 radical (unpaired) electrons. The summed E-state index contributed by atoms with van der Waals surface area (Å²) in [6.45, 7) is 11.8. The summed E-state index contributed by atoms with van der Waals surface area (Å²) in [6.07, 6.45) is 2.47. The number of imide groups is 1. The van der Waals surface area contributed by atoms with Crippen LogP contribution in [0.1, 0.15) is 63.0 Å². The van der Waals surface area contributed by atoms with E-state index in [4.69, 9.17) is 5.84 Å². The van der Waals surface area contributed by atoms with Crippen LogP contribution in [0.15, 0.2) is 24.3 Å². The second-order valence-electron chi connectivity index (χ2n) is 3.88. The molecule has 2 rings (SSSR count). The third kappa shape index (κ3) is 3.58. The number of carbonyl (C=O) groups excluding carboxylic acids is 2. The summed E-state index contributed by atoms with van der Waals surface area (Å²) < 4.78 is 0. The van der Waals surface area contributed by atoms with Crippen LogP contribution in [0.5, 0.6) is 0 Å². The minimum absolute atomic E-state index is 0.439. The number of nitrogens with two attached hydrogens (primary N) is 1. The van der Waals surface area contributed by atoms with E-state index in [0.717, 1.165) is 17.5 Å². The number of carbonyl (C=O) groups is 2. The average molecular weight is 290 g/mol. The zero-order chi connectivity index (χ0) is 16.6. The highest BCUT2D eigenvalue weighted by Gasteiger charge is 2.33. The van der Waals surface area contributed by atoms with Gasteiger partial charge in [-0.25, -0.2) is 10.9 Å². The van der Waals surface area contributed by atoms with Crippen molar-refractivity contribution < 1.29 is 9.59 Å². The van der Waals surface area contributed by atoms with Gasteiger partial charge in [-0.05, 0) is 25.0 Å². The molecule has 0 bridgehead atoms. The normalized spacial score (nSPS) is 14.8. The van der Waals surface area contributed by atoms with Crippen molar-refractivity contribution in [2.75, 3.05) is 0 Å². The van der Waals surface area contributed by atoms with Gasteiger partial charge < -0.3 is 0 Å². The molecule has 2 N–H and O–H groups in total. The quantitative estimate of drug-likeness (QED) is 0.372. The summed E-state index contributed by atoms with van der Waals surface area (Å²) in [5.41, 5.74) is 2.72. The lowest BCUT2D eigenvalue weighted by molar-refractivity contribution is -0.123. The molecule has 1 aliphatic rings. The zero-order valence-electron chi connectivity index (χ0n) is 13.9. The number of hydrazine groups is 1. The summed E-state index contributed by atoms with van der Waals surface area (Å²) in [7, 11) is 0. The van der Waals surface area contributed by atoms with Crippen molar-refractivity contribution in [3.05, 3.63) is 41.0 Å². The summed E-state index contributed by atoms with van der Waals surface area (Å²) in [5, 5.41) is 0.678. The Kier molecular flexibility index (Phi) is 8.24. The molecule has 21 heavy (non-hydrogen) atoms. The van der Waals surface area contributed by atoms with Crippen molar-refractivity contribution in [3.8, 4) is 0 Å². The van der Waals surface area contributed by atoms with Gasteiger partial charge in [0.05, 0.1) is 0 Å². The Morgan fingerprint density at radius 2 is 1.67 bits per heavy atom. The summed E-state index contributed by atoms with van der Waals surface area (Å²) in [5.74, 6) is 4.61. The third-order valence-electron chi connectivity index (χ3n) is 2.99. The third-order valence-corrected chi connectivity index (χ3v) is 2.99. The van der Waals surface area contributed by atoms with Gasteiger partial charge in [0.15, 0.2) is 0 Å². The second kappa shape index (κ2) is 9.08. The molecule has 0 saturated heterocycles. The van der Waals surface area contributed by atoms with E-state index in [-0.39, 0.29) is 0 Å². The van der Waals surface area contributed by atoms with Crippen LogP contribution >= 0.6 is 0 Å². The van der Waals surface area contributed by atoms with Crippen molar-refractivity contribution in [3.63, 3.8) is 0 Å². The first kappa shape index (κ1) is 19.1. The number of benzene rings is 1. The maximum atomic E-state index is 11.9. The van der Waals surface area contributed by atoms with Crippen LogP contribution in [-0.4, -0.2) is 16.8 Å². The lowest BCUT2D eigenvalue weighted by atomic mass is 9.89. The number of rotatable bonds is 1. The van der Waals surface area contributed by atoms with Crippen LogP contribution < -0.4 is 5.84 Å². The van der Waals surface area contributed by atoms with Crippen LogP contribution in [0, 0.1) is 0 Å². The van der Waals surface area contributed by atoms with Crippen LogP contribution in [0.25, 0.3) is 5.57 Å². The maximum Gasteiger partial charge on any atom is 0.275 e. The minimum Gasteiger partial charge on any atom is -0.267 e. The number of allylic oxidation sites excluding steroid dienone is 1. The highest BCUT2D eigenvalue weighted by atomic mass is 16.2. The fraction of sp³-hybridized carbons (Fsp3) is 0.412. The molecule has 4 heteroatoms. The molecule has 0 spiro atoms. The predicted molar refractivity (Wildman–Crippen MR) is 87.5 cm³/mol. The average Bonchev–Trinajstić information content (AvgIpc) is 2.56. The predicted octanol–water partition coefficient (Wildman–Crippen LogP) is 3.56. The maximum absolute atomic E-state index is 11.9. The van der Waals surface area contributed by atoms with E-state index in [1.807, 2.05) is 46.8 Å². The van der Waals surface area contributed by atoms with Gasteiger partial charge in [-0.3, -0.25) is 9.59 Å². The number of aryl methyl sites for hydroxylation is 1. The molecule has 0 unspecified atom stereocenters. The molecule has 0 saturated carbocycles. The first-order valence-electron chi connectivity index (χ1n) is 7.53. The molecule has 1 heterocycles. The van der Waals surface area contributed by atoms with Gasteiger partial charge in [-0.15, -0.1) is 0 Å². The Bertz CT molecular complexity index is 534. The Morgan fingerprint density at radius 3 is 2.14 bits per heavy atom. The lowest BCUT2D eigenvalue weighted by Gasteiger charge is -2.26. The van der Waals surface area contributed by atoms with Crippen molar-refractivity contribution in [1.82, 2.24) is 5.01 Å². The van der Waals surface area contributed by atoms with Crippen molar-refractivity contribution in [2.24, 2.45) is 5.84 Å². The molecule has 1 aromatic carbocycles. The van der Waals surface area contributed by atoms with E-state index in [9.17, 15) is 9.59 Å². The first-order chi connectivity index (χ1) is 10.1. The standard InChI is InChI=1S/C13H14N2O2.2C2H6/c1-3-8-6-5-7-10-11(8)9(4-2)12(16)15(14)13(10)17;2*1-2/h4-7H,3,14H2,1-2H3;2*1-2H3/b9-4+;;. The van der Waals surface area contributed by atoms with Crippen LogP contribution in [0.3, 0.4) is 0 Å². The first-order valence-corrected chi connectivity index (χ1v) is 7.53. The van der Waals surface area contributed by atoms with E-state index >= 15 is 0 Å². The Balaban J connectivity index is 0.000000921. The Labute approximate surface area is 127 Å². The zero-order valence-corrected chi connectivity index (χ0v) is 13.9. The molecule has 116 valence electrons. The molecule has 0 aliphatic carbocycles. The number of hydrogen-bond acceptors (Lipinski definition) is 3. The van der Waals surface area contributed by atoms with Gasteiger partial charge in [0, 0.05) is 16.7 Å². The van der Waals surface area contributed by atoms with Crippen LogP contribution in [0.2, 0.25) is 0 Å². The van der Waals surface area contributed by atoms with Crippen LogP contribution in [0.4, 0.5) is 0 Å². The van der Waals surface area contributed by atoms with Crippen molar-refractivity contribution in [1.29, 1.82) is 0 Å². The second-order valence-corrected chi connectivity index (χ2v) is 3.88. The van der Waals surface area contributed by atoms with E-state index in [1.165, 1.54) is 0 Å². The monoisotopic (exact) mass is 290 g/mol. The SMILES string of the molecule is C/C=C1/C(=O)N(N)C(=O)c2cccc(CC)c21.CC.CC. The van der Waals surface area contributed by atoms with Gasteiger partial charge >= 0.3 is 0 Å². The van der Waals surface area contributed by atoms with E-state index in [2.05, 4.69) is 0 Å². The Morgan fingerprint density at radius 1 is 1.10 bits per heavy atom. The number of fused-ring (bicyclic) bond motifs is 1. The van der Waals surface area contributed by atoms with E-state index < -0.39 is 11.8 Å². The van der Waals surface area contributed by atoms with E-state index in [0.29, 0.717) is 16.1 Å². The fourth-order valence-corrected chi connectivity index (χ4v) is 2.12. The van der Waals surface area contributed by atoms with Gasteiger partial charge in [0.25, 0.3) is 11.8 Å². The number of amides is 2. The van der Waals surface area contributed by atoms with Gasteiger partial charge in [0.1, 0.15) is 0 Å². The summed E-state index contributed by atoms with van der Waals surface area (Å²) in [4.78, 5) is 23.8. The number of nitrogens with zero attached hydrogens (tertiary/aromatic N) is 1. The van der Waals surface area contributed by atoms with E-state index in [1.54, 1.807) is 19.1 Å². The van der Waals surface area contributed by atoms with Crippen molar-refractivity contribution >= 4 is 17.4 Å². The number of hydrogen-bond donors (Lipinski definition) is 1.